The summed E-state index contributed by atoms with van der Waals surface area (Å²) in [5.41, 5.74) is 0. The van der Waals surface area contributed by atoms with Crippen LogP contribution in [-0.4, -0.2) is 5.78 Å². The van der Waals surface area contributed by atoms with Crippen LogP contribution in [0.15, 0.2) is 12.2 Å². The summed E-state index contributed by atoms with van der Waals surface area (Å²) in [7, 11) is 0. The van der Waals surface area contributed by atoms with Crippen LogP contribution < -0.4 is 0 Å². The first-order valence-electron chi connectivity index (χ1n) is 2.42. The summed E-state index contributed by atoms with van der Waals surface area (Å²) >= 11 is 0. The van der Waals surface area contributed by atoms with Crippen LogP contribution in [0.25, 0.3) is 0 Å². The van der Waals surface area contributed by atoms with Crippen LogP contribution in [0.1, 0.15) is 13.3 Å². The molecule has 0 aromatic heterocycles. The number of allylic oxidation sites excluding steroid dienone is 2. The van der Waals surface area contributed by atoms with E-state index in [2.05, 4.69) is 0 Å². The lowest BCUT2D eigenvalue weighted by Crippen LogP contribution is -1.82. The van der Waals surface area contributed by atoms with Gasteiger partial charge in [0.15, 0.2) is 0 Å². The van der Waals surface area contributed by atoms with E-state index in [0.29, 0.717) is 0 Å². The molecule has 0 saturated heterocycles. The van der Waals surface area contributed by atoms with Gasteiger partial charge in [0.05, 0.1) is 0 Å². The fraction of sp³-hybridized carbons (Fsp3) is 0.333. The van der Waals surface area contributed by atoms with Gasteiger partial charge in [0.1, 0.15) is 6.07 Å². The van der Waals surface area contributed by atoms with Crippen molar-refractivity contribution in [1.29, 1.82) is 5.26 Å². The maximum atomic E-state index is 10.1. The molecule has 0 aromatic carbocycles. The van der Waals surface area contributed by atoms with Gasteiger partial charge in [0, 0.05) is 0 Å². The van der Waals surface area contributed by atoms with Crippen LogP contribution in [0.2, 0.25) is 0 Å². The maximum absolute atomic E-state index is 10.1. The molecule has 2 nitrogen and oxygen atoms in total. The van der Waals surface area contributed by atoms with Gasteiger partial charge < -0.3 is 0 Å². The first kappa shape index (κ1) is 6.90. The van der Waals surface area contributed by atoms with E-state index in [9.17, 15) is 4.79 Å². The third kappa shape index (κ3) is 3.10. The zero-order valence-electron chi connectivity index (χ0n) is 4.72. The van der Waals surface area contributed by atoms with E-state index in [1.807, 2.05) is 6.92 Å². The van der Waals surface area contributed by atoms with Gasteiger partial charge in [-0.15, -0.1) is 0 Å². The number of rotatable bonds is 2. The minimum absolute atomic E-state index is 0.480. The number of nitriles is 1. The summed E-state index contributed by atoms with van der Waals surface area (Å²) in [6, 6.07) is 1.47. The second-order valence-corrected chi connectivity index (χ2v) is 1.29. The molecule has 0 atom stereocenters. The zero-order valence-corrected chi connectivity index (χ0v) is 4.72. The standard InChI is InChI=1S/C6H7NO/c1-2-3-4-6(8)5-7/h3-4H,2H2,1H3/b4-3-. The first-order chi connectivity index (χ1) is 3.81. The minimum atomic E-state index is -0.480. The highest BCUT2D eigenvalue weighted by Crippen LogP contribution is 1.78. The SMILES string of the molecule is CC/C=C\C(=O)C#N. The Balaban J connectivity index is 3.58. The molecule has 0 N–H and O–H groups in total. The van der Waals surface area contributed by atoms with Crippen molar-refractivity contribution >= 4 is 5.78 Å². The van der Waals surface area contributed by atoms with Crippen molar-refractivity contribution in [1.82, 2.24) is 0 Å². The highest BCUT2D eigenvalue weighted by Gasteiger charge is 1.85. The summed E-state index contributed by atoms with van der Waals surface area (Å²) in [6.45, 7) is 1.90. The van der Waals surface area contributed by atoms with Crippen LogP contribution in [0.4, 0.5) is 0 Å². The quantitative estimate of drug-likeness (QED) is 0.392. The van der Waals surface area contributed by atoms with E-state index >= 15 is 0 Å². The lowest BCUT2D eigenvalue weighted by molar-refractivity contribution is -0.109. The first-order valence-corrected chi connectivity index (χ1v) is 2.42. The predicted octanol–water partition coefficient (Wildman–Crippen LogP) is 1.05. The van der Waals surface area contributed by atoms with Crippen molar-refractivity contribution in [2.24, 2.45) is 0 Å². The second-order valence-electron chi connectivity index (χ2n) is 1.29. The van der Waals surface area contributed by atoms with E-state index in [1.54, 1.807) is 6.08 Å². The number of hydrogen-bond donors (Lipinski definition) is 0. The molecule has 2 heteroatoms. The maximum Gasteiger partial charge on any atom is 0.254 e. The van der Waals surface area contributed by atoms with E-state index < -0.39 is 5.78 Å². The molecular weight excluding hydrogens is 102 g/mol. The Labute approximate surface area is 48.4 Å². The average Bonchev–Trinajstić information content (AvgIpc) is 1.83. The number of nitrogens with zero attached hydrogens (tertiary/aromatic N) is 1. The summed E-state index contributed by atoms with van der Waals surface area (Å²) < 4.78 is 0. The fourth-order valence-electron chi connectivity index (χ4n) is 0.262. The molecule has 0 unspecified atom stereocenters. The van der Waals surface area contributed by atoms with Gasteiger partial charge in [0.2, 0.25) is 0 Å². The molecule has 0 spiro atoms. The van der Waals surface area contributed by atoms with Gasteiger partial charge >= 0.3 is 0 Å². The molecule has 0 amide bonds. The van der Waals surface area contributed by atoms with Crippen LogP contribution in [0.3, 0.4) is 0 Å². The molecule has 0 bridgehead atoms. The molecule has 0 saturated carbocycles. The molecule has 8 heavy (non-hydrogen) atoms. The summed E-state index contributed by atoms with van der Waals surface area (Å²) in [5.74, 6) is -0.480. The monoisotopic (exact) mass is 109 g/mol. The molecule has 0 aliphatic rings. The fourth-order valence-corrected chi connectivity index (χ4v) is 0.262. The summed E-state index contributed by atoms with van der Waals surface area (Å²) in [5, 5.41) is 7.91. The van der Waals surface area contributed by atoms with Gasteiger partial charge in [0.25, 0.3) is 5.78 Å². The third-order valence-electron chi connectivity index (χ3n) is 0.615. The van der Waals surface area contributed by atoms with E-state index in [0.717, 1.165) is 6.42 Å². The molecule has 0 aliphatic heterocycles. The molecule has 0 aliphatic carbocycles. The third-order valence-corrected chi connectivity index (χ3v) is 0.615. The van der Waals surface area contributed by atoms with Crippen LogP contribution in [0.5, 0.6) is 0 Å². The van der Waals surface area contributed by atoms with Crippen molar-refractivity contribution in [2.75, 3.05) is 0 Å². The van der Waals surface area contributed by atoms with Crippen molar-refractivity contribution in [3.8, 4) is 6.07 Å². The molecule has 42 valence electrons. The smallest absolute Gasteiger partial charge is 0.254 e. The largest absolute Gasteiger partial charge is 0.278 e. The topological polar surface area (TPSA) is 40.9 Å². The number of carbonyl (C=O) groups excluding carboxylic acids is 1. The highest BCUT2D eigenvalue weighted by molar-refractivity contribution is 6.02. The molecular formula is C6H7NO. The molecule has 0 fully saturated rings. The zero-order chi connectivity index (χ0) is 6.41. The second kappa shape index (κ2) is 4.07. The lowest BCUT2D eigenvalue weighted by atomic mass is 10.3. The average molecular weight is 109 g/mol. The van der Waals surface area contributed by atoms with Crippen molar-refractivity contribution < 1.29 is 4.79 Å². The van der Waals surface area contributed by atoms with Crippen molar-refractivity contribution in [3.05, 3.63) is 12.2 Å². The van der Waals surface area contributed by atoms with Gasteiger partial charge in [-0.1, -0.05) is 13.0 Å². The Morgan fingerprint density at radius 3 is 2.88 bits per heavy atom. The Morgan fingerprint density at radius 1 is 1.88 bits per heavy atom. The Kier molecular flexibility index (Phi) is 3.51. The van der Waals surface area contributed by atoms with Crippen LogP contribution >= 0.6 is 0 Å². The van der Waals surface area contributed by atoms with E-state index in [-0.39, 0.29) is 0 Å². The van der Waals surface area contributed by atoms with E-state index in [1.165, 1.54) is 12.1 Å². The summed E-state index contributed by atoms with van der Waals surface area (Å²) in [6.07, 6.45) is 3.74. The summed E-state index contributed by atoms with van der Waals surface area (Å²) in [4.78, 5) is 10.1. The number of hydrogen-bond acceptors (Lipinski definition) is 2. The molecule has 0 heterocycles. The Morgan fingerprint density at radius 2 is 2.50 bits per heavy atom. The van der Waals surface area contributed by atoms with Crippen molar-refractivity contribution in [2.45, 2.75) is 13.3 Å². The van der Waals surface area contributed by atoms with Crippen LogP contribution in [0, 0.1) is 11.3 Å². The Hall–Kier alpha value is -1.10. The number of carbonyl (C=O) groups is 1. The number of ketones is 1. The van der Waals surface area contributed by atoms with Gasteiger partial charge in [-0.2, -0.15) is 5.26 Å². The molecule has 0 radical (unpaired) electrons. The van der Waals surface area contributed by atoms with Gasteiger partial charge in [-0.05, 0) is 12.5 Å². The van der Waals surface area contributed by atoms with Crippen LogP contribution in [-0.2, 0) is 4.79 Å². The predicted molar refractivity (Wildman–Crippen MR) is 30.1 cm³/mol. The molecule has 0 aromatic rings. The Bertz CT molecular complexity index is 141. The minimum Gasteiger partial charge on any atom is -0.278 e. The highest BCUT2D eigenvalue weighted by atomic mass is 16.1. The molecule has 0 rings (SSSR count). The normalized spacial score (nSPS) is 9.00. The van der Waals surface area contributed by atoms with E-state index in [4.69, 9.17) is 5.26 Å². The van der Waals surface area contributed by atoms with Gasteiger partial charge in [-0.25, -0.2) is 0 Å². The van der Waals surface area contributed by atoms with Crippen molar-refractivity contribution in [3.63, 3.8) is 0 Å². The van der Waals surface area contributed by atoms with Gasteiger partial charge in [-0.3, -0.25) is 4.79 Å². The lowest BCUT2D eigenvalue weighted by Gasteiger charge is -1.71.